The molecule has 3 aromatic rings. The van der Waals surface area contributed by atoms with E-state index in [1.54, 1.807) is 30.6 Å². The van der Waals surface area contributed by atoms with Crippen LogP contribution in [0.1, 0.15) is 10.4 Å². The van der Waals surface area contributed by atoms with Gasteiger partial charge in [0, 0.05) is 36.2 Å². The first-order valence-corrected chi connectivity index (χ1v) is 8.48. The maximum absolute atomic E-state index is 12.2. The van der Waals surface area contributed by atoms with Crippen LogP contribution in [-0.4, -0.2) is 27.0 Å². The van der Waals surface area contributed by atoms with Gasteiger partial charge in [0.2, 0.25) is 0 Å². The fraction of sp³-hybridized carbons (Fsp3) is 0.118. The van der Waals surface area contributed by atoms with Gasteiger partial charge in [-0.05, 0) is 30.3 Å². The van der Waals surface area contributed by atoms with E-state index < -0.39 is 0 Å². The van der Waals surface area contributed by atoms with Gasteiger partial charge in [0.15, 0.2) is 5.82 Å². The first-order valence-electron chi connectivity index (χ1n) is 7.31. The van der Waals surface area contributed by atoms with Crippen molar-refractivity contribution in [2.75, 3.05) is 6.54 Å². The molecule has 5 nitrogen and oxygen atoms in total. The molecule has 0 bridgehead atoms. The lowest BCUT2D eigenvalue weighted by Gasteiger charge is -2.10. The van der Waals surface area contributed by atoms with E-state index in [2.05, 4.69) is 31.2 Å². The summed E-state index contributed by atoms with van der Waals surface area (Å²) in [5.74, 6) is 0.561. The minimum atomic E-state index is -0.208. The van der Waals surface area contributed by atoms with Gasteiger partial charge in [-0.25, -0.2) is 4.98 Å². The Morgan fingerprint density at radius 2 is 2.08 bits per heavy atom. The average molecular weight is 406 g/mol. The van der Waals surface area contributed by atoms with E-state index in [1.807, 2.05) is 29.0 Å². The summed E-state index contributed by atoms with van der Waals surface area (Å²) in [4.78, 5) is 20.9. The smallest absolute Gasteiger partial charge is 0.252 e. The van der Waals surface area contributed by atoms with Crippen LogP contribution in [0, 0.1) is 0 Å². The number of rotatable bonds is 5. The van der Waals surface area contributed by atoms with Crippen LogP contribution in [0.15, 0.2) is 59.5 Å². The van der Waals surface area contributed by atoms with Crippen molar-refractivity contribution in [1.82, 2.24) is 19.9 Å². The van der Waals surface area contributed by atoms with Crippen LogP contribution in [0.3, 0.4) is 0 Å². The predicted octanol–water partition coefficient (Wildman–Crippen LogP) is 3.79. The minimum absolute atomic E-state index is 0.208. The maximum atomic E-state index is 12.2. The van der Waals surface area contributed by atoms with Crippen molar-refractivity contribution in [3.8, 4) is 11.5 Å². The molecule has 0 aliphatic heterocycles. The van der Waals surface area contributed by atoms with Gasteiger partial charge in [-0.1, -0.05) is 33.6 Å². The number of nitrogens with zero attached hydrogens (tertiary/aromatic N) is 3. The lowest BCUT2D eigenvalue weighted by atomic mass is 10.2. The Labute approximate surface area is 152 Å². The van der Waals surface area contributed by atoms with Gasteiger partial charge in [0.25, 0.3) is 5.91 Å². The highest BCUT2D eigenvalue weighted by Gasteiger charge is 2.11. The van der Waals surface area contributed by atoms with Gasteiger partial charge in [0.05, 0.1) is 10.6 Å². The Kier molecular flexibility index (Phi) is 5.27. The van der Waals surface area contributed by atoms with Crippen LogP contribution in [0.2, 0.25) is 5.02 Å². The molecule has 0 aliphatic carbocycles. The number of nitrogens with one attached hydrogen (secondary N) is 1. The number of carbonyl (C=O) groups is 1. The molecule has 1 N–H and O–H groups in total. The van der Waals surface area contributed by atoms with Gasteiger partial charge in [-0.3, -0.25) is 9.78 Å². The minimum Gasteiger partial charge on any atom is -0.350 e. The molecule has 24 heavy (non-hydrogen) atoms. The Morgan fingerprint density at radius 3 is 2.88 bits per heavy atom. The molecule has 0 aliphatic rings. The predicted molar refractivity (Wildman–Crippen MR) is 96.9 cm³/mol. The zero-order valence-electron chi connectivity index (χ0n) is 12.6. The van der Waals surface area contributed by atoms with Crippen molar-refractivity contribution in [1.29, 1.82) is 0 Å². The Hall–Kier alpha value is -2.18. The highest BCUT2D eigenvalue weighted by atomic mass is 79.9. The third-order valence-electron chi connectivity index (χ3n) is 3.42. The molecule has 2 aromatic heterocycles. The number of amides is 1. The number of hydrogen-bond donors (Lipinski definition) is 1. The van der Waals surface area contributed by atoms with E-state index in [9.17, 15) is 4.79 Å². The normalized spacial score (nSPS) is 10.6. The average Bonchev–Trinajstić information content (AvgIpc) is 3.06. The van der Waals surface area contributed by atoms with Crippen LogP contribution >= 0.6 is 27.5 Å². The van der Waals surface area contributed by atoms with Crippen molar-refractivity contribution in [2.45, 2.75) is 6.54 Å². The highest BCUT2D eigenvalue weighted by molar-refractivity contribution is 9.10. The van der Waals surface area contributed by atoms with Crippen LogP contribution in [0.4, 0.5) is 0 Å². The van der Waals surface area contributed by atoms with Crippen molar-refractivity contribution in [3.63, 3.8) is 0 Å². The van der Waals surface area contributed by atoms with Crippen molar-refractivity contribution in [2.24, 2.45) is 0 Å². The van der Waals surface area contributed by atoms with Gasteiger partial charge >= 0.3 is 0 Å². The Morgan fingerprint density at radius 1 is 1.21 bits per heavy atom. The number of imidazole rings is 1. The lowest BCUT2D eigenvalue weighted by Crippen LogP contribution is -2.27. The summed E-state index contributed by atoms with van der Waals surface area (Å²) < 4.78 is 2.76. The maximum Gasteiger partial charge on any atom is 0.252 e. The summed E-state index contributed by atoms with van der Waals surface area (Å²) in [6, 6.07) is 10.9. The molecule has 2 heterocycles. The molecule has 0 saturated carbocycles. The second-order valence-electron chi connectivity index (χ2n) is 5.04. The highest BCUT2D eigenvalue weighted by Crippen LogP contribution is 2.20. The zero-order chi connectivity index (χ0) is 16.9. The molecular weight excluding hydrogens is 392 g/mol. The molecule has 0 saturated heterocycles. The first-order chi connectivity index (χ1) is 11.6. The molecule has 3 rings (SSSR count). The monoisotopic (exact) mass is 404 g/mol. The standard InChI is InChI=1S/C17H14BrClN4O/c18-12-4-5-14(19)13(11-12)17(24)22-8-10-23-9-7-21-16(23)15-3-1-2-6-20-15/h1-7,9,11H,8,10H2,(H,22,24). The summed E-state index contributed by atoms with van der Waals surface area (Å²) in [6.45, 7) is 1.04. The number of pyridine rings is 1. The number of benzene rings is 1. The third-order valence-corrected chi connectivity index (χ3v) is 4.24. The fourth-order valence-corrected chi connectivity index (χ4v) is 2.84. The Balaban J connectivity index is 1.64. The largest absolute Gasteiger partial charge is 0.350 e. The summed E-state index contributed by atoms with van der Waals surface area (Å²) in [5.41, 5.74) is 1.24. The molecule has 1 aromatic carbocycles. The second kappa shape index (κ2) is 7.59. The van der Waals surface area contributed by atoms with Gasteiger partial charge in [-0.15, -0.1) is 0 Å². The molecule has 7 heteroatoms. The van der Waals surface area contributed by atoms with Gasteiger partial charge in [-0.2, -0.15) is 0 Å². The molecule has 0 unspecified atom stereocenters. The van der Waals surface area contributed by atoms with E-state index in [-0.39, 0.29) is 5.91 Å². The van der Waals surface area contributed by atoms with Gasteiger partial charge in [0.1, 0.15) is 5.69 Å². The summed E-state index contributed by atoms with van der Waals surface area (Å²) in [7, 11) is 0. The van der Waals surface area contributed by atoms with Gasteiger partial charge < -0.3 is 9.88 Å². The molecule has 122 valence electrons. The van der Waals surface area contributed by atoms with E-state index in [0.717, 1.165) is 16.0 Å². The second-order valence-corrected chi connectivity index (χ2v) is 6.36. The quantitative estimate of drug-likeness (QED) is 0.702. The van der Waals surface area contributed by atoms with Crippen molar-refractivity contribution < 1.29 is 4.79 Å². The summed E-state index contributed by atoms with van der Waals surface area (Å²) in [5, 5.41) is 3.29. The summed E-state index contributed by atoms with van der Waals surface area (Å²) >= 11 is 9.41. The number of aromatic nitrogens is 3. The molecule has 0 radical (unpaired) electrons. The van der Waals surface area contributed by atoms with Crippen LogP contribution in [0.25, 0.3) is 11.5 Å². The third kappa shape index (κ3) is 3.83. The van der Waals surface area contributed by atoms with E-state index in [4.69, 9.17) is 11.6 Å². The van der Waals surface area contributed by atoms with Crippen molar-refractivity contribution >= 4 is 33.4 Å². The number of halogens is 2. The molecular formula is C17H14BrClN4O. The topological polar surface area (TPSA) is 59.8 Å². The van der Waals surface area contributed by atoms with Crippen LogP contribution < -0.4 is 5.32 Å². The van der Waals surface area contributed by atoms with Crippen LogP contribution in [-0.2, 0) is 6.54 Å². The summed E-state index contributed by atoms with van der Waals surface area (Å²) in [6.07, 6.45) is 5.31. The molecule has 0 spiro atoms. The molecule has 1 amide bonds. The van der Waals surface area contributed by atoms with E-state index in [1.165, 1.54) is 0 Å². The first kappa shape index (κ1) is 16.7. The number of carbonyl (C=O) groups excluding carboxylic acids is 1. The van der Waals surface area contributed by atoms with E-state index >= 15 is 0 Å². The van der Waals surface area contributed by atoms with Crippen LogP contribution in [0.5, 0.6) is 0 Å². The molecule has 0 atom stereocenters. The Bertz CT molecular complexity index is 851. The van der Waals surface area contributed by atoms with E-state index in [0.29, 0.717) is 23.7 Å². The molecule has 0 fully saturated rings. The zero-order valence-corrected chi connectivity index (χ0v) is 15.0. The fourth-order valence-electron chi connectivity index (χ4n) is 2.27. The number of hydrogen-bond acceptors (Lipinski definition) is 3. The lowest BCUT2D eigenvalue weighted by molar-refractivity contribution is 0.0952. The van der Waals surface area contributed by atoms with Crippen molar-refractivity contribution in [3.05, 3.63) is 70.0 Å². The SMILES string of the molecule is O=C(NCCn1ccnc1-c1ccccn1)c1cc(Br)ccc1Cl.